The molecule has 1 spiro atoms. The Balaban J connectivity index is 1.71. The highest BCUT2D eigenvalue weighted by Gasteiger charge is 2.52. The number of aromatic nitrogens is 1. The van der Waals surface area contributed by atoms with Gasteiger partial charge in [0, 0.05) is 23.0 Å². The van der Waals surface area contributed by atoms with Crippen molar-refractivity contribution in [3.63, 3.8) is 0 Å². The van der Waals surface area contributed by atoms with Gasteiger partial charge < -0.3 is 16.1 Å². The Morgan fingerprint density at radius 3 is 2.32 bits per heavy atom. The Labute approximate surface area is 261 Å². The number of rotatable bonds is 8. The fraction of sp³-hybridized carbons (Fsp3) is 0.559. The highest BCUT2D eigenvalue weighted by Crippen LogP contribution is 2.50. The SMILES string of the molecule is Cc1ccc(C2=NC3(CCC(C(C)(C)C)CC3)N(C(CCC(C)(C)C)c3ccc(C(=O)NCC(=N)/N=N\N)cc3)C2=O)cn1. The minimum absolute atomic E-state index is 0.0572. The number of benzene rings is 1. The molecule has 0 bridgehead atoms. The van der Waals surface area contributed by atoms with Crippen LogP contribution in [0.5, 0.6) is 0 Å². The Hall–Kier alpha value is -3.95. The number of carbonyl (C=O) groups is 2. The van der Waals surface area contributed by atoms with E-state index in [9.17, 15) is 9.59 Å². The zero-order chi connectivity index (χ0) is 32.3. The number of amidine groups is 1. The van der Waals surface area contributed by atoms with Gasteiger partial charge in [-0.3, -0.25) is 25.0 Å². The normalized spacial score (nSPS) is 21.5. The maximum Gasteiger partial charge on any atom is 0.275 e. The molecule has 1 saturated carbocycles. The molecule has 0 saturated heterocycles. The largest absolute Gasteiger partial charge is 0.345 e. The molecule has 2 heterocycles. The van der Waals surface area contributed by atoms with Gasteiger partial charge in [0.1, 0.15) is 11.4 Å². The molecule has 1 aliphatic heterocycles. The molecule has 1 aromatic carbocycles. The van der Waals surface area contributed by atoms with E-state index in [1.807, 2.05) is 31.2 Å². The number of amides is 2. The van der Waals surface area contributed by atoms with E-state index in [1.165, 1.54) is 0 Å². The molecule has 0 radical (unpaired) electrons. The van der Waals surface area contributed by atoms with Crippen LogP contribution in [0.3, 0.4) is 0 Å². The summed E-state index contributed by atoms with van der Waals surface area (Å²) >= 11 is 0. The summed E-state index contributed by atoms with van der Waals surface area (Å²) in [7, 11) is 0. The minimum Gasteiger partial charge on any atom is -0.345 e. The number of hydrogen-bond donors (Lipinski definition) is 3. The summed E-state index contributed by atoms with van der Waals surface area (Å²) < 4.78 is 0. The third-order valence-corrected chi connectivity index (χ3v) is 9.02. The summed E-state index contributed by atoms with van der Waals surface area (Å²) in [5, 5.41) is 16.8. The van der Waals surface area contributed by atoms with Crippen LogP contribution in [0.2, 0.25) is 0 Å². The lowest BCUT2D eigenvalue weighted by Gasteiger charge is -2.47. The number of nitrogens with one attached hydrogen (secondary N) is 2. The first kappa shape index (κ1) is 33.0. The van der Waals surface area contributed by atoms with Gasteiger partial charge in [-0.15, -0.1) is 5.11 Å². The molecule has 44 heavy (non-hydrogen) atoms. The molecule has 1 aromatic heterocycles. The van der Waals surface area contributed by atoms with Gasteiger partial charge in [-0.05, 0) is 92.0 Å². The van der Waals surface area contributed by atoms with Crippen LogP contribution in [0.25, 0.3) is 0 Å². The third-order valence-electron chi connectivity index (χ3n) is 9.02. The monoisotopic (exact) mass is 600 g/mol. The standard InChI is InChI=1S/C34H48N8O2/c1-22-8-9-25(20-37-22)29-31(44)42(34(39-29)18-14-26(15-19-34)33(5,6)7)27(16-17-32(2,3)4)23-10-12-24(13-11-23)30(43)38-21-28(35)40-41-36/h8-13,20,26-27H,14-19,21H2,1-7H3,(H,38,43)(H3,35,36,40). The van der Waals surface area contributed by atoms with Crippen molar-refractivity contribution in [3.05, 3.63) is 65.0 Å². The molecule has 10 heteroatoms. The average molecular weight is 601 g/mol. The number of aliphatic imine (C=N–C) groups is 1. The molecule has 2 aliphatic rings. The lowest BCUT2D eigenvalue weighted by molar-refractivity contribution is -0.134. The van der Waals surface area contributed by atoms with Gasteiger partial charge in [-0.2, -0.15) is 0 Å². The molecule has 1 fully saturated rings. The van der Waals surface area contributed by atoms with E-state index in [2.05, 4.69) is 67.1 Å². The average Bonchev–Trinajstić information content (AvgIpc) is 3.23. The number of carbonyl (C=O) groups excluding carboxylic acids is 2. The molecule has 4 rings (SSSR count). The number of hydrogen-bond acceptors (Lipinski definition) is 6. The van der Waals surface area contributed by atoms with Crippen LogP contribution in [0.1, 0.15) is 113 Å². The van der Waals surface area contributed by atoms with Gasteiger partial charge in [0.2, 0.25) is 0 Å². The second kappa shape index (κ2) is 13.0. The van der Waals surface area contributed by atoms with Crippen LogP contribution in [0.15, 0.2) is 57.9 Å². The zero-order valence-electron chi connectivity index (χ0n) is 27.3. The van der Waals surface area contributed by atoms with Crippen molar-refractivity contribution in [1.29, 1.82) is 5.41 Å². The smallest absolute Gasteiger partial charge is 0.275 e. The van der Waals surface area contributed by atoms with Gasteiger partial charge in [0.15, 0.2) is 5.84 Å². The van der Waals surface area contributed by atoms with E-state index in [-0.39, 0.29) is 41.1 Å². The number of pyridine rings is 1. The van der Waals surface area contributed by atoms with Crippen LogP contribution < -0.4 is 11.2 Å². The molecule has 10 nitrogen and oxygen atoms in total. The maximum absolute atomic E-state index is 14.5. The quantitative estimate of drug-likeness (QED) is 0.103. The lowest BCUT2D eigenvalue weighted by Crippen LogP contribution is -2.51. The zero-order valence-corrected chi connectivity index (χ0v) is 27.3. The van der Waals surface area contributed by atoms with Crippen molar-refractivity contribution in [2.45, 2.75) is 98.7 Å². The van der Waals surface area contributed by atoms with Crippen LogP contribution in [0, 0.1) is 29.1 Å². The molecule has 1 unspecified atom stereocenters. The van der Waals surface area contributed by atoms with E-state index in [1.54, 1.807) is 18.3 Å². The fourth-order valence-corrected chi connectivity index (χ4v) is 6.38. The van der Waals surface area contributed by atoms with Crippen LogP contribution >= 0.6 is 0 Å². The molecular weight excluding hydrogens is 552 g/mol. The molecule has 236 valence electrons. The summed E-state index contributed by atoms with van der Waals surface area (Å²) in [6.45, 7) is 15.4. The first-order chi connectivity index (χ1) is 20.6. The summed E-state index contributed by atoms with van der Waals surface area (Å²) in [6, 6.07) is 11.1. The van der Waals surface area contributed by atoms with Crippen molar-refractivity contribution in [1.82, 2.24) is 15.2 Å². The molecule has 1 aliphatic carbocycles. The highest BCUT2D eigenvalue weighted by atomic mass is 16.2. The van der Waals surface area contributed by atoms with Gasteiger partial charge >= 0.3 is 0 Å². The Bertz CT molecular complexity index is 1410. The first-order valence-corrected chi connectivity index (χ1v) is 15.6. The van der Waals surface area contributed by atoms with Crippen molar-refractivity contribution in [2.75, 3.05) is 6.54 Å². The highest BCUT2D eigenvalue weighted by molar-refractivity contribution is 6.46. The van der Waals surface area contributed by atoms with Crippen molar-refractivity contribution in [2.24, 2.45) is 37.9 Å². The summed E-state index contributed by atoms with van der Waals surface area (Å²) in [6.07, 6.45) is 7.05. The summed E-state index contributed by atoms with van der Waals surface area (Å²) in [5.74, 6) is 5.03. The van der Waals surface area contributed by atoms with Crippen LogP contribution in [0.4, 0.5) is 0 Å². The topological polar surface area (TPSA) is 149 Å². The predicted octanol–water partition coefficient (Wildman–Crippen LogP) is 6.55. The second-order valence-electron chi connectivity index (χ2n) is 14.5. The molecule has 4 N–H and O–H groups in total. The number of nitrogens with two attached hydrogens (primary N) is 1. The molecule has 1 atom stereocenters. The van der Waals surface area contributed by atoms with Crippen LogP contribution in [-0.2, 0) is 4.79 Å². The summed E-state index contributed by atoms with van der Waals surface area (Å²) in [5.41, 5.74) is 3.18. The third kappa shape index (κ3) is 7.57. The maximum atomic E-state index is 14.5. The summed E-state index contributed by atoms with van der Waals surface area (Å²) in [4.78, 5) is 39.1. The first-order valence-electron chi connectivity index (χ1n) is 15.6. The van der Waals surface area contributed by atoms with E-state index in [4.69, 9.17) is 16.2 Å². The van der Waals surface area contributed by atoms with E-state index in [0.717, 1.165) is 55.3 Å². The Kier molecular flexibility index (Phi) is 9.71. The Morgan fingerprint density at radius 1 is 1.11 bits per heavy atom. The Morgan fingerprint density at radius 2 is 1.77 bits per heavy atom. The molecule has 2 amide bonds. The van der Waals surface area contributed by atoms with Gasteiger partial charge in [0.25, 0.3) is 11.8 Å². The molecular formula is C34H48N8O2. The second-order valence-corrected chi connectivity index (χ2v) is 14.5. The number of aryl methyl sites for hydroxylation is 1. The van der Waals surface area contributed by atoms with Crippen molar-refractivity contribution in [3.8, 4) is 0 Å². The molecule has 2 aromatic rings. The van der Waals surface area contributed by atoms with Gasteiger partial charge in [-0.25, -0.2) is 0 Å². The van der Waals surface area contributed by atoms with E-state index in [0.29, 0.717) is 17.2 Å². The van der Waals surface area contributed by atoms with Gasteiger partial charge in [0.05, 0.1) is 12.6 Å². The lowest BCUT2D eigenvalue weighted by atomic mass is 9.69. The van der Waals surface area contributed by atoms with Crippen molar-refractivity contribution >= 4 is 23.4 Å². The van der Waals surface area contributed by atoms with Crippen LogP contribution in [-0.4, -0.2) is 45.5 Å². The van der Waals surface area contributed by atoms with Gasteiger partial charge in [-0.1, -0.05) is 58.9 Å². The minimum atomic E-state index is -0.629. The fourth-order valence-electron chi connectivity index (χ4n) is 6.38. The van der Waals surface area contributed by atoms with E-state index < -0.39 is 5.66 Å². The predicted molar refractivity (Wildman–Crippen MR) is 173 cm³/mol. The number of nitrogens with zero attached hydrogens (tertiary/aromatic N) is 5. The van der Waals surface area contributed by atoms with Crippen molar-refractivity contribution < 1.29 is 9.59 Å². The van der Waals surface area contributed by atoms with E-state index >= 15 is 0 Å².